The molecule has 1 N–H and O–H groups in total. The largest absolute Gasteiger partial charge is 0.350 e. The Hall–Kier alpha value is -1.32. The van der Waals surface area contributed by atoms with Gasteiger partial charge in [-0.3, -0.25) is 0 Å². The summed E-state index contributed by atoms with van der Waals surface area (Å²) in [5.74, 6) is 0.850. The van der Waals surface area contributed by atoms with Gasteiger partial charge in [0.05, 0.1) is 6.54 Å². The van der Waals surface area contributed by atoms with Crippen molar-refractivity contribution < 1.29 is 0 Å². The maximum absolute atomic E-state index is 4.27. The Bertz CT molecular complexity index is 262. The molecule has 0 amide bonds. The van der Waals surface area contributed by atoms with Crippen molar-refractivity contribution in [1.29, 1.82) is 0 Å². The van der Waals surface area contributed by atoms with Crippen molar-refractivity contribution in [3.63, 3.8) is 0 Å². The lowest BCUT2D eigenvalue weighted by Gasteiger charge is -2.04. The first-order valence-electron chi connectivity index (χ1n) is 3.67. The second-order valence-electron chi connectivity index (χ2n) is 2.66. The van der Waals surface area contributed by atoms with Crippen molar-refractivity contribution in [3.05, 3.63) is 18.5 Å². The number of nitrogens with zero attached hydrogens (tertiary/aromatic N) is 3. The van der Waals surface area contributed by atoms with E-state index in [4.69, 9.17) is 0 Å². The van der Waals surface area contributed by atoms with Gasteiger partial charge >= 0.3 is 0 Å². The molecule has 1 atom stereocenters. The van der Waals surface area contributed by atoms with Crippen molar-refractivity contribution >= 4 is 5.96 Å². The van der Waals surface area contributed by atoms with Gasteiger partial charge in [0.15, 0.2) is 0 Å². The van der Waals surface area contributed by atoms with E-state index in [1.807, 2.05) is 12.3 Å². The molecule has 0 aromatic carbocycles. The molecule has 0 saturated heterocycles. The minimum Gasteiger partial charge on any atom is -0.350 e. The first-order valence-corrected chi connectivity index (χ1v) is 3.67. The highest BCUT2D eigenvalue weighted by atomic mass is 15.4. The number of aliphatic imine (C=N–C) groups is 1. The number of nitrogens with one attached hydrogen (secondary N) is 1. The fraction of sp³-hybridized carbons (Fsp3) is 0.429. The highest BCUT2D eigenvalue weighted by molar-refractivity contribution is 5.83. The molecule has 0 unspecified atom stereocenters. The lowest BCUT2D eigenvalue weighted by atomic mass is 10.4. The predicted octanol–water partition coefficient (Wildman–Crippen LogP) is 0.0789. The van der Waals surface area contributed by atoms with E-state index in [1.54, 1.807) is 10.9 Å². The second kappa shape index (κ2) is 2.38. The topological polar surface area (TPSA) is 42.2 Å². The Morgan fingerprint density at radius 2 is 2.64 bits per heavy atom. The molecule has 4 nitrogen and oxygen atoms in total. The van der Waals surface area contributed by atoms with Gasteiger partial charge in [-0.15, -0.1) is 0 Å². The summed E-state index contributed by atoms with van der Waals surface area (Å²) in [7, 11) is 0. The first-order chi connectivity index (χ1) is 5.36. The van der Waals surface area contributed by atoms with Gasteiger partial charge in [0.1, 0.15) is 0 Å². The van der Waals surface area contributed by atoms with E-state index in [1.165, 1.54) is 0 Å². The minimum absolute atomic E-state index is 0.439. The smallest absolute Gasteiger partial charge is 0.219 e. The molecule has 0 aliphatic carbocycles. The number of aromatic nitrogens is 2. The van der Waals surface area contributed by atoms with Crippen molar-refractivity contribution in [3.8, 4) is 0 Å². The molecule has 0 radical (unpaired) electrons. The van der Waals surface area contributed by atoms with E-state index in [2.05, 4.69) is 22.3 Å². The van der Waals surface area contributed by atoms with E-state index in [0.29, 0.717) is 6.04 Å². The highest BCUT2D eigenvalue weighted by Gasteiger charge is 2.13. The van der Waals surface area contributed by atoms with Crippen molar-refractivity contribution in [2.45, 2.75) is 13.0 Å². The Morgan fingerprint density at radius 1 is 1.73 bits per heavy atom. The lowest BCUT2D eigenvalue weighted by molar-refractivity contribution is 0.713. The van der Waals surface area contributed by atoms with Gasteiger partial charge in [0.2, 0.25) is 5.96 Å². The van der Waals surface area contributed by atoms with Gasteiger partial charge in [0, 0.05) is 18.4 Å². The highest BCUT2D eigenvalue weighted by Crippen LogP contribution is 1.95. The van der Waals surface area contributed by atoms with Crippen LogP contribution in [0.5, 0.6) is 0 Å². The van der Waals surface area contributed by atoms with Crippen LogP contribution < -0.4 is 5.32 Å². The third kappa shape index (κ3) is 1.11. The summed E-state index contributed by atoms with van der Waals surface area (Å²) in [4.78, 5) is 4.27. The van der Waals surface area contributed by atoms with E-state index in [-0.39, 0.29) is 0 Å². The molecule has 1 aliphatic heterocycles. The zero-order chi connectivity index (χ0) is 7.68. The van der Waals surface area contributed by atoms with Crippen LogP contribution in [0.25, 0.3) is 0 Å². The fourth-order valence-electron chi connectivity index (χ4n) is 1.07. The van der Waals surface area contributed by atoms with Gasteiger partial charge in [-0.1, -0.05) is 0 Å². The molecular formula is C7H10N4. The van der Waals surface area contributed by atoms with Crippen LogP contribution in [-0.4, -0.2) is 28.3 Å². The van der Waals surface area contributed by atoms with E-state index < -0.39 is 0 Å². The van der Waals surface area contributed by atoms with Crippen LogP contribution in [0.1, 0.15) is 6.92 Å². The van der Waals surface area contributed by atoms with Crippen molar-refractivity contribution in [2.24, 2.45) is 4.99 Å². The zero-order valence-corrected chi connectivity index (χ0v) is 6.36. The molecule has 2 rings (SSSR count). The summed E-state index contributed by atoms with van der Waals surface area (Å²) < 4.78 is 1.74. The summed E-state index contributed by atoms with van der Waals surface area (Å²) in [6.07, 6.45) is 3.62. The average molecular weight is 150 g/mol. The fourth-order valence-corrected chi connectivity index (χ4v) is 1.07. The monoisotopic (exact) mass is 150 g/mol. The van der Waals surface area contributed by atoms with Crippen LogP contribution in [0.3, 0.4) is 0 Å². The summed E-state index contributed by atoms with van der Waals surface area (Å²) in [6.45, 7) is 2.94. The van der Waals surface area contributed by atoms with Crippen LogP contribution in [0.4, 0.5) is 0 Å². The summed E-state index contributed by atoms with van der Waals surface area (Å²) >= 11 is 0. The SMILES string of the molecule is C[C@@H]1CN=C(n2cccn2)N1. The molecule has 0 fully saturated rings. The standard InChI is InChI=1S/C7H10N4/c1-6-5-8-7(10-6)11-4-2-3-9-11/h2-4,6H,5H2,1H3,(H,8,10)/t6-/m1/s1. The Labute approximate surface area is 64.9 Å². The quantitative estimate of drug-likeness (QED) is 0.569. The molecule has 1 aliphatic rings. The zero-order valence-electron chi connectivity index (χ0n) is 6.36. The summed E-state index contributed by atoms with van der Waals surface area (Å²) in [5.41, 5.74) is 0. The Morgan fingerprint density at radius 3 is 3.18 bits per heavy atom. The summed E-state index contributed by atoms with van der Waals surface area (Å²) in [6, 6.07) is 2.32. The molecule has 0 spiro atoms. The normalized spacial score (nSPS) is 23.0. The van der Waals surface area contributed by atoms with E-state index >= 15 is 0 Å². The number of hydrogen-bond donors (Lipinski definition) is 1. The first kappa shape index (κ1) is 6.39. The van der Waals surface area contributed by atoms with Crippen LogP contribution >= 0.6 is 0 Å². The van der Waals surface area contributed by atoms with Gasteiger partial charge in [0.25, 0.3) is 0 Å². The molecule has 0 saturated carbocycles. The maximum Gasteiger partial charge on any atom is 0.219 e. The Kier molecular flexibility index (Phi) is 1.38. The third-order valence-corrected chi connectivity index (χ3v) is 1.61. The minimum atomic E-state index is 0.439. The third-order valence-electron chi connectivity index (χ3n) is 1.61. The van der Waals surface area contributed by atoms with Crippen molar-refractivity contribution in [2.75, 3.05) is 6.54 Å². The van der Waals surface area contributed by atoms with E-state index in [9.17, 15) is 0 Å². The van der Waals surface area contributed by atoms with Crippen LogP contribution in [0, 0.1) is 0 Å². The van der Waals surface area contributed by atoms with Gasteiger partial charge in [-0.25, -0.2) is 9.67 Å². The van der Waals surface area contributed by atoms with Gasteiger partial charge in [-0.05, 0) is 13.0 Å². The molecular weight excluding hydrogens is 140 g/mol. The van der Waals surface area contributed by atoms with Crippen LogP contribution in [0.2, 0.25) is 0 Å². The Balaban J connectivity index is 2.19. The second-order valence-corrected chi connectivity index (χ2v) is 2.66. The molecule has 2 heterocycles. The number of hydrogen-bond acceptors (Lipinski definition) is 3. The maximum atomic E-state index is 4.27. The lowest BCUT2D eigenvalue weighted by Crippen LogP contribution is -2.32. The number of rotatable bonds is 0. The van der Waals surface area contributed by atoms with Crippen LogP contribution in [-0.2, 0) is 0 Å². The average Bonchev–Trinajstić information content (AvgIpc) is 2.55. The molecule has 1 aromatic heterocycles. The molecule has 11 heavy (non-hydrogen) atoms. The molecule has 0 bridgehead atoms. The molecule has 1 aromatic rings. The molecule has 4 heteroatoms. The summed E-state index contributed by atoms with van der Waals surface area (Å²) in [5, 5.41) is 7.26. The van der Waals surface area contributed by atoms with Crippen molar-refractivity contribution in [1.82, 2.24) is 15.1 Å². The van der Waals surface area contributed by atoms with Crippen LogP contribution in [0.15, 0.2) is 23.5 Å². The molecule has 58 valence electrons. The van der Waals surface area contributed by atoms with E-state index in [0.717, 1.165) is 12.5 Å². The van der Waals surface area contributed by atoms with Gasteiger partial charge in [-0.2, -0.15) is 5.10 Å². The van der Waals surface area contributed by atoms with Gasteiger partial charge < -0.3 is 5.32 Å². The predicted molar refractivity (Wildman–Crippen MR) is 42.5 cm³/mol.